The van der Waals surface area contributed by atoms with Crippen molar-refractivity contribution < 1.29 is 14.4 Å². The zero-order chi connectivity index (χ0) is 16.4. The van der Waals surface area contributed by atoms with Gasteiger partial charge < -0.3 is 14.7 Å². The first-order valence-electron chi connectivity index (χ1n) is 8.01. The molecule has 6 heteroatoms. The molecule has 1 aromatic carbocycles. The molecule has 0 radical (unpaired) electrons. The van der Waals surface area contributed by atoms with Gasteiger partial charge in [-0.2, -0.15) is 0 Å². The number of nitrogens with zero attached hydrogens (tertiary/aromatic N) is 3. The van der Waals surface area contributed by atoms with E-state index in [1.54, 1.807) is 21.6 Å². The average molecular weight is 315 g/mol. The Hall–Kier alpha value is -2.37. The minimum atomic E-state index is -0.485. The first-order chi connectivity index (χ1) is 11.1. The first kappa shape index (κ1) is 15.5. The van der Waals surface area contributed by atoms with Crippen molar-refractivity contribution in [2.24, 2.45) is 0 Å². The lowest BCUT2D eigenvalue weighted by molar-refractivity contribution is -0.145. The molecule has 0 bridgehead atoms. The standard InChI is InChI=1S/C17H21N3O3/c1-13(19-9-5-8-15(19)21)17(23)18-10-11-20(16(22)12-18)14-6-3-2-4-7-14/h2-4,6-7,13H,5,8-12H2,1H3/t13-/m0/s1. The van der Waals surface area contributed by atoms with Gasteiger partial charge in [-0.05, 0) is 25.5 Å². The summed E-state index contributed by atoms with van der Waals surface area (Å²) in [6, 6.07) is 8.98. The molecule has 1 atom stereocenters. The highest BCUT2D eigenvalue weighted by molar-refractivity contribution is 5.99. The SMILES string of the molecule is C[C@@H](C(=O)N1CCN(c2ccccc2)C(=O)C1)N1CCCC1=O. The molecule has 0 unspecified atom stereocenters. The van der Waals surface area contributed by atoms with E-state index >= 15 is 0 Å². The van der Waals surface area contributed by atoms with E-state index in [1.165, 1.54) is 0 Å². The molecule has 2 heterocycles. The van der Waals surface area contributed by atoms with E-state index in [0.717, 1.165) is 12.1 Å². The summed E-state index contributed by atoms with van der Waals surface area (Å²) in [6.07, 6.45) is 1.31. The largest absolute Gasteiger partial charge is 0.331 e. The van der Waals surface area contributed by atoms with Crippen LogP contribution in [0.2, 0.25) is 0 Å². The third kappa shape index (κ3) is 3.06. The molecule has 2 aliphatic heterocycles. The molecule has 2 saturated heterocycles. The van der Waals surface area contributed by atoms with Crippen LogP contribution in [-0.2, 0) is 14.4 Å². The highest BCUT2D eigenvalue weighted by Crippen LogP contribution is 2.19. The number of para-hydroxylation sites is 1. The van der Waals surface area contributed by atoms with Crippen molar-refractivity contribution in [1.29, 1.82) is 0 Å². The molecule has 0 saturated carbocycles. The van der Waals surface area contributed by atoms with Crippen LogP contribution >= 0.6 is 0 Å². The average Bonchev–Trinajstić information content (AvgIpc) is 3.00. The smallest absolute Gasteiger partial charge is 0.246 e. The van der Waals surface area contributed by atoms with Gasteiger partial charge in [-0.3, -0.25) is 14.4 Å². The number of rotatable bonds is 3. The number of carbonyl (C=O) groups is 3. The van der Waals surface area contributed by atoms with Crippen LogP contribution in [0.4, 0.5) is 5.69 Å². The second kappa shape index (κ2) is 6.40. The number of carbonyl (C=O) groups excluding carboxylic acids is 3. The number of anilines is 1. The summed E-state index contributed by atoms with van der Waals surface area (Å²) < 4.78 is 0. The van der Waals surface area contributed by atoms with E-state index in [4.69, 9.17) is 0 Å². The van der Waals surface area contributed by atoms with Gasteiger partial charge in [-0.1, -0.05) is 18.2 Å². The van der Waals surface area contributed by atoms with Gasteiger partial charge >= 0.3 is 0 Å². The number of likely N-dealkylation sites (tertiary alicyclic amines) is 1. The van der Waals surface area contributed by atoms with Gasteiger partial charge in [-0.25, -0.2) is 0 Å². The Morgan fingerprint density at radius 1 is 1.04 bits per heavy atom. The maximum Gasteiger partial charge on any atom is 0.246 e. The van der Waals surface area contributed by atoms with E-state index in [9.17, 15) is 14.4 Å². The second-order valence-electron chi connectivity index (χ2n) is 6.01. The van der Waals surface area contributed by atoms with Crippen LogP contribution in [0.15, 0.2) is 30.3 Å². The van der Waals surface area contributed by atoms with Gasteiger partial charge in [0.15, 0.2) is 0 Å². The van der Waals surface area contributed by atoms with Crippen LogP contribution in [0.25, 0.3) is 0 Å². The topological polar surface area (TPSA) is 60.9 Å². The van der Waals surface area contributed by atoms with E-state index in [2.05, 4.69) is 0 Å². The summed E-state index contributed by atoms with van der Waals surface area (Å²) in [5.74, 6) is -0.197. The third-order valence-corrected chi connectivity index (χ3v) is 4.54. The van der Waals surface area contributed by atoms with Gasteiger partial charge in [0, 0.05) is 31.7 Å². The van der Waals surface area contributed by atoms with Crippen molar-refractivity contribution in [3.05, 3.63) is 30.3 Å². The van der Waals surface area contributed by atoms with E-state index in [1.807, 2.05) is 30.3 Å². The van der Waals surface area contributed by atoms with Crippen LogP contribution in [0, 0.1) is 0 Å². The summed E-state index contributed by atoms with van der Waals surface area (Å²) in [5, 5.41) is 0. The molecule has 0 N–H and O–H groups in total. The van der Waals surface area contributed by atoms with Gasteiger partial charge in [0.1, 0.15) is 12.6 Å². The lowest BCUT2D eigenvalue weighted by atomic mass is 10.2. The Labute approximate surface area is 135 Å². The lowest BCUT2D eigenvalue weighted by Gasteiger charge is -2.37. The van der Waals surface area contributed by atoms with Gasteiger partial charge in [0.2, 0.25) is 17.7 Å². The number of benzene rings is 1. The van der Waals surface area contributed by atoms with Crippen molar-refractivity contribution in [2.45, 2.75) is 25.8 Å². The van der Waals surface area contributed by atoms with Crippen LogP contribution in [0.1, 0.15) is 19.8 Å². The number of amides is 3. The van der Waals surface area contributed by atoms with E-state index in [0.29, 0.717) is 26.1 Å². The van der Waals surface area contributed by atoms with Crippen molar-refractivity contribution in [1.82, 2.24) is 9.80 Å². The molecule has 0 aliphatic carbocycles. The quantitative estimate of drug-likeness (QED) is 0.832. The molecule has 0 spiro atoms. The number of piperazine rings is 1. The fraction of sp³-hybridized carbons (Fsp3) is 0.471. The molecule has 6 nitrogen and oxygen atoms in total. The Morgan fingerprint density at radius 3 is 2.39 bits per heavy atom. The second-order valence-corrected chi connectivity index (χ2v) is 6.01. The van der Waals surface area contributed by atoms with E-state index < -0.39 is 6.04 Å². The van der Waals surface area contributed by atoms with Crippen molar-refractivity contribution in [2.75, 3.05) is 31.1 Å². The highest BCUT2D eigenvalue weighted by Gasteiger charge is 2.35. The molecular weight excluding hydrogens is 294 g/mol. The van der Waals surface area contributed by atoms with Crippen molar-refractivity contribution in [3.8, 4) is 0 Å². The minimum absolute atomic E-state index is 0.0279. The molecule has 3 amide bonds. The van der Waals surface area contributed by atoms with Crippen LogP contribution in [0.5, 0.6) is 0 Å². The Balaban J connectivity index is 1.64. The number of hydrogen-bond donors (Lipinski definition) is 0. The van der Waals surface area contributed by atoms with Gasteiger partial charge in [0.25, 0.3) is 0 Å². The molecule has 0 aromatic heterocycles. The summed E-state index contributed by atoms with van der Waals surface area (Å²) in [7, 11) is 0. The lowest BCUT2D eigenvalue weighted by Crippen LogP contribution is -2.56. The summed E-state index contributed by atoms with van der Waals surface area (Å²) >= 11 is 0. The Morgan fingerprint density at radius 2 is 1.78 bits per heavy atom. The predicted molar refractivity (Wildman–Crippen MR) is 85.8 cm³/mol. The Kier molecular flexibility index (Phi) is 4.32. The maximum absolute atomic E-state index is 12.6. The minimum Gasteiger partial charge on any atom is -0.331 e. The Bertz CT molecular complexity index is 617. The molecular formula is C17H21N3O3. The summed E-state index contributed by atoms with van der Waals surface area (Å²) in [5.41, 5.74) is 0.854. The van der Waals surface area contributed by atoms with Crippen molar-refractivity contribution in [3.63, 3.8) is 0 Å². The maximum atomic E-state index is 12.6. The molecule has 2 fully saturated rings. The van der Waals surface area contributed by atoms with Crippen LogP contribution in [-0.4, -0.2) is 59.7 Å². The molecule has 2 aliphatic rings. The van der Waals surface area contributed by atoms with Crippen LogP contribution < -0.4 is 4.90 Å². The first-order valence-corrected chi connectivity index (χ1v) is 8.01. The van der Waals surface area contributed by atoms with Gasteiger partial charge in [-0.15, -0.1) is 0 Å². The van der Waals surface area contributed by atoms with E-state index in [-0.39, 0.29) is 24.3 Å². The number of hydrogen-bond acceptors (Lipinski definition) is 3. The monoisotopic (exact) mass is 315 g/mol. The fourth-order valence-electron chi connectivity index (χ4n) is 3.22. The fourth-order valence-corrected chi connectivity index (χ4v) is 3.22. The summed E-state index contributed by atoms with van der Waals surface area (Å²) in [4.78, 5) is 41.6. The predicted octanol–water partition coefficient (Wildman–Crippen LogP) is 0.873. The van der Waals surface area contributed by atoms with Crippen molar-refractivity contribution >= 4 is 23.4 Å². The molecule has 122 valence electrons. The zero-order valence-corrected chi connectivity index (χ0v) is 13.3. The zero-order valence-electron chi connectivity index (χ0n) is 13.3. The van der Waals surface area contributed by atoms with Gasteiger partial charge in [0.05, 0.1) is 0 Å². The normalized spacial score (nSPS) is 20.1. The molecule has 23 heavy (non-hydrogen) atoms. The molecule has 3 rings (SSSR count). The highest BCUT2D eigenvalue weighted by atomic mass is 16.2. The molecule has 1 aromatic rings. The van der Waals surface area contributed by atoms with Crippen LogP contribution in [0.3, 0.4) is 0 Å². The summed E-state index contributed by atoms with van der Waals surface area (Å²) in [6.45, 7) is 3.42. The third-order valence-electron chi connectivity index (χ3n) is 4.54.